The van der Waals surface area contributed by atoms with Crippen molar-refractivity contribution >= 4 is 35.2 Å². The van der Waals surface area contributed by atoms with Crippen molar-refractivity contribution in [2.45, 2.75) is 13.5 Å². The molecule has 3 aromatic carbocycles. The van der Waals surface area contributed by atoms with E-state index in [1.54, 1.807) is 29.1 Å². The first-order valence-corrected chi connectivity index (χ1v) is 10.0. The standard InChI is InChI=1S/C24H17Cl2N3O/c1-17-12-24(29(28-17)21-7-3-2-4-8-21)27-15-18-6-5-9-22(13-18)30-16-19-10-11-20(25)14-23(19)26/h2-4,7-15H,16H2,1H3. The van der Waals surface area contributed by atoms with E-state index in [1.807, 2.05) is 55.5 Å². The van der Waals surface area contributed by atoms with Crippen LogP contribution >= 0.6 is 23.2 Å². The molecule has 0 fully saturated rings. The number of aryl methyl sites for hydroxylation is 1. The summed E-state index contributed by atoms with van der Waals surface area (Å²) in [5.41, 5.74) is 3.43. The topological polar surface area (TPSA) is 39.4 Å². The third-order valence-corrected chi connectivity index (χ3v) is 4.87. The Morgan fingerprint density at radius 1 is 1.10 bits per heavy atom. The summed E-state index contributed by atoms with van der Waals surface area (Å²) < 4.78 is 7.65. The van der Waals surface area contributed by atoms with Crippen LogP contribution in [-0.2, 0) is 6.61 Å². The minimum Gasteiger partial charge on any atom is -0.488 e. The Balaban J connectivity index is 1.50. The molecule has 0 aliphatic carbocycles. The Bertz CT molecular complexity index is 1190. The van der Waals surface area contributed by atoms with E-state index >= 15 is 0 Å². The first-order chi connectivity index (χ1) is 14.6. The van der Waals surface area contributed by atoms with Crippen LogP contribution in [0.1, 0.15) is 16.8 Å². The third-order valence-electron chi connectivity index (χ3n) is 4.29. The second kappa shape index (κ2) is 9.04. The van der Waals surface area contributed by atoms with Gasteiger partial charge in [0.15, 0.2) is 5.82 Å². The van der Waals surface area contributed by atoms with Crippen LogP contribution in [0.3, 0.4) is 0 Å². The second-order valence-corrected chi connectivity index (χ2v) is 7.43. The number of rotatable bonds is 6. The number of hydrogen-bond donors (Lipinski definition) is 0. The average Bonchev–Trinajstić information content (AvgIpc) is 3.13. The molecule has 0 radical (unpaired) electrons. The Labute approximate surface area is 185 Å². The lowest BCUT2D eigenvalue weighted by Gasteiger charge is -2.07. The molecule has 0 aliphatic rings. The van der Waals surface area contributed by atoms with E-state index in [4.69, 9.17) is 27.9 Å². The lowest BCUT2D eigenvalue weighted by Crippen LogP contribution is -1.97. The van der Waals surface area contributed by atoms with Crippen molar-refractivity contribution < 1.29 is 4.74 Å². The molecule has 148 valence electrons. The fourth-order valence-corrected chi connectivity index (χ4v) is 3.31. The number of aromatic nitrogens is 2. The molecule has 0 bridgehead atoms. The smallest absolute Gasteiger partial charge is 0.155 e. The highest BCUT2D eigenvalue weighted by atomic mass is 35.5. The van der Waals surface area contributed by atoms with E-state index < -0.39 is 0 Å². The van der Waals surface area contributed by atoms with Crippen LogP contribution in [0, 0.1) is 19.1 Å². The van der Waals surface area contributed by atoms with Gasteiger partial charge < -0.3 is 4.74 Å². The number of benzene rings is 2. The number of aliphatic imine (C=N–C) groups is 1. The summed E-state index contributed by atoms with van der Waals surface area (Å²) in [4.78, 5) is 4.59. The molecule has 1 heterocycles. The molecule has 4 aromatic rings. The van der Waals surface area contributed by atoms with Gasteiger partial charge in [0.25, 0.3) is 0 Å². The Morgan fingerprint density at radius 2 is 1.93 bits per heavy atom. The zero-order chi connectivity index (χ0) is 20.9. The van der Waals surface area contributed by atoms with E-state index in [0.717, 1.165) is 28.3 Å². The normalized spacial score (nSPS) is 10.9. The first kappa shape index (κ1) is 20.0. The van der Waals surface area contributed by atoms with E-state index in [9.17, 15) is 0 Å². The van der Waals surface area contributed by atoms with Crippen LogP contribution in [0.25, 0.3) is 5.69 Å². The molecular formula is C24H17Cl2N3O. The summed E-state index contributed by atoms with van der Waals surface area (Å²) in [7, 11) is 0. The molecule has 0 saturated heterocycles. The van der Waals surface area contributed by atoms with Gasteiger partial charge in [-0.1, -0.05) is 59.6 Å². The summed E-state index contributed by atoms with van der Waals surface area (Å²) in [6.07, 6.45) is 1.72. The third kappa shape index (κ3) is 4.83. The summed E-state index contributed by atoms with van der Waals surface area (Å²) in [5, 5.41) is 5.69. The van der Waals surface area contributed by atoms with Gasteiger partial charge in [-0.25, -0.2) is 9.67 Å². The molecule has 1 aromatic heterocycles. The first-order valence-electron chi connectivity index (χ1n) is 9.25. The number of para-hydroxylation sites is 1. The molecule has 30 heavy (non-hydrogen) atoms. The maximum Gasteiger partial charge on any atom is 0.155 e. The Morgan fingerprint density at radius 3 is 2.73 bits per heavy atom. The maximum absolute atomic E-state index is 6.20. The number of hydrogen-bond acceptors (Lipinski definition) is 3. The predicted molar refractivity (Wildman–Crippen MR) is 120 cm³/mol. The van der Waals surface area contributed by atoms with Crippen LogP contribution in [0.5, 0.6) is 5.75 Å². The Kier molecular flexibility index (Phi) is 6.04. The summed E-state index contributed by atoms with van der Waals surface area (Å²) in [6.45, 7) is 2.26. The molecule has 0 atom stereocenters. The summed E-state index contributed by atoms with van der Waals surface area (Å²) in [5.74, 6) is 1.38. The SMILES string of the molecule is Cc1cc(N=Cc2c#ccc(OCc3ccc(Cl)cc3Cl)c2)n(-c2ccccc2)n1. The molecule has 0 N–H and O–H groups in total. The van der Waals surface area contributed by atoms with Gasteiger partial charge in [-0.2, -0.15) is 5.10 Å². The van der Waals surface area contributed by atoms with Crippen molar-refractivity contribution in [3.8, 4) is 11.4 Å². The monoisotopic (exact) mass is 433 g/mol. The lowest BCUT2D eigenvalue weighted by atomic mass is 10.2. The average molecular weight is 434 g/mol. The fraction of sp³-hybridized carbons (Fsp3) is 0.0833. The highest BCUT2D eigenvalue weighted by Crippen LogP contribution is 2.23. The molecule has 4 rings (SSSR count). The van der Waals surface area contributed by atoms with E-state index in [2.05, 4.69) is 22.2 Å². The van der Waals surface area contributed by atoms with Gasteiger partial charge >= 0.3 is 0 Å². The number of halogens is 2. The van der Waals surface area contributed by atoms with Gasteiger partial charge in [0.1, 0.15) is 12.4 Å². The highest BCUT2D eigenvalue weighted by Gasteiger charge is 2.06. The van der Waals surface area contributed by atoms with E-state index in [0.29, 0.717) is 22.4 Å². The van der Waals surface area contributed by atoms with Gasteiger partial charge in [-0.05, 0) is 37.3 Å². The predicted octanol–water partition coefficient (Wildman–Crippen LogP) is 6.42. The molecule has 0 amide bonds. The van der Waals surface area contributed by atoms with Gasteiger partial charge in [0, 0.05) is 39.5 Å². The maximum atomic E-state index is 6.20. The molecule has 0 aliphatic heterocycles. The van der Waals surface area contributed by atoms with Crippen molar-refractivity contribution in [2.24, 2.45) is 4.99 Å². The lowest BCUT2D eigenvalue weighted by molar-refractivity contribution is 0.306. The zero-order valence-corrected chi connectivity index (χ0v) is 17.7. The highest BCUT2D eigenvalue weighted by molar-refractivity contribution is 6.35. The molecule has 6 heteroatoms. The molecule has 4 nitrogen and oxygen atoms in total. The molecule has 0 spiro atoms. The van der Waals surface area contributed by atoms with Crippen LogP contribution in [0.15, 0.2) is 71.7 Å². The number of ether oxygens (including phenoxy) is 1. The van der Waals surface area contributed by atoms with Crippen molar-refractivity contribution in [1.29, 1.82) is 0 Å². The zero-order valence-electron chi connectivity index (χ0n) is 16.1. The quantitative estimate of drug-likeness (QED) is 0.329. The summed E-state index contributed by atoms with van der Waals surface area (Å²) in [6, 6.07) is 26.7. The van der Waals surface area contributed by atoms with Gasteiger partial charge in [-0.3, -0.25) is 0 Å². The van der Waals surface area contributed by atoms with Gasteiger partial charge in [0.2, 0.25) is 0 Å². The van der Waals surface area contributed by atoms with Gasteiger partial charge in [0.05, 0.1) is 11.4 Å². The van der Waals surface area contributed by atoms with E-state index in [-0.39, 0.29) is 0 Å². The van der Waals surface area contributed by atoms with Crippen molar-refractivity contribution in [3.63, 3.8) is 0 Å². The molecule has 0 saturated carbocycles. The van der Waals surface area contributed by atoms with Crippen molar-refractivity contribution in [1.82, 2.24) is 9.78 Å². The van der Waals surface area contributed by atoms with Crippen molar-refractivity contribution in [3.05, 3.63) is 106 Å². The second-order valence-electron chi connectivity index (χ2n) is 6.59. The minimum absolute atomic E-state index is 0.324. The molecular weight excluding hydrogens is 417 g/mol. The largest absolute Gasteiger partial charge is 0.488 e. The van der Waals surface area contributed by atoms with Crippen molar-refractivity contribution in [2.75, 3.05) is 0 Å². The number of nitrogens with zero attached hydrogens (tertiary/aromatic N) is 3. The summed E-state index contributed by atoms with van der Waals surface area (Å²) >= 11 is 12.1. The van der Waals surface area contributed by atoms with Crippen LogP contribution < -0.4 is 4.74 Å². The fourth-order valence-electron chi connectivity index (χ4n) is 2.85. The van der Waals surface area contributed by atoms with Gasteiger partial charge in [-0.15, -0.1) is 0 Å². The van der Waals surface area contributed by atoms with Crippen LogP contribution in [0.2, 0.25) is 10.0 Å². The molecule has 0 unspecified atom stereocenters. The Hall–Kier alpha value is -3.26. The van der Waals surface area contributed by atoms with E-state index in [1.165, 1.54) is 0 Å². The van der Waals surface area contributed by atoms with Crippen LogP contribution in [0.4, 0.5) is 5.82 Å². The minimum atomic E-state index is 0.324. The van der Waals surface area contributed by atoms with Crippen LogP contribution in [-0.4, -0.2) is 16.0 Å².